The molecule has 2 aromatic rings. The molecule has 0 bridgehead atoms. The highest BCUT2D eigenvalue weighted by Gasteiger charge is 2.26. The number of amides is 3. The fourth-order valence-corrected chi connectivity index (χ4v) is 3.11. The minimum atomic E-state index is -0.141. The van der Waals surface area contributed by atoms with E-state index in [1.54, 1.807) is 46.0 Å². The molecule has 0 spiro atoms. The van der Waals surface area contributed by atoms with Gasteiger partial charge in [0.2, 0.25) is 0 Å². The van der Waals surface area contributed by atoms with Gasteiger partial charge in [-0.15, -0.1) is 0 Å². The molecule has 3 rings (SSSR count). The van der Waals surface area contributed by atoms with Gasteiger partial charge in [-0.3, -0.25) is 9.48 Å². The zero-order valence-electron chi connectivity index (χ0n) is 16.3. The first kappa shape index (κ1) is 19.5. The first-order valence-electron chi connectivity index (χ1n) is 9.03. The Morgan fingerprint density at radius 3 is 2.43 bits per heavy atom. The maximum atomic E-state index is 12.8. The number of carbonyl (C=O) groups is 2. The second-order valence-corrected chi connectivity index (χ2v) is 6.53. The molecule has 1 aliphatic heterocycles. The van der Waals surface area contributed by atoms with E-state index in [1.165, 1.54) is 7.11 Å². The molecule has 9 heteroatoms. The number of rotatable bonds is 5. The molecule has 28 heavy (non-hydrogen) atoms. The van der Waals surface area contributed by atoms with Crippen LogP contribution in [-0.2, 0) is 13.6 Å². The molecule has 1 N–H and O–H groups in total. The van der Waals surface area contributed by atoms with E-state index in [0.29, 0.717) is 49.8 Å². The molecule has 1 aromatic carbocycles. The van der Waals surface area contributed by atoms with E-state index < -0.39 is 0 Å². The van der Waals surface area contributed by atoms with Gasteiger partial charge >= 0.3 is 6.03 Å². The average Bonchev–Trinajstić information content (AvgIpc) is 3.16. The van der Waals surface area contributed by atoms with Crippen molar-refractivity contribution >= 4 is 11.9 Å². The number of piperazine rings is 1. The topological polar surface area (TPSA) is 88.9 Å². The number of urea groups is 1. The van der Waals surface area contributed by atoms with E-state index in [2.05, 4.69) is 10.4 Å². The van der Waals surface area contributed by atoms with Crippen molar-refractivity contribution in [2.45, 2.75) is 6.54 Å². The molecule has 0 radical (unpaired) electrons. The molecule has 1 aromatic heterocycles. The quantitative estimate of drug-likeness (QED) is 0.830. The van der Waals surface area contributed by atoms with Gasteiger partial charge in [-0.2, -0.15) is 5.10 Å². The number of nitrogens with one attached hydrogen (secondary N) is 1. The second-order valence-electron chi connectivity index (χ2n) is 6.53. The Bertz CT molecular complexity index is 843. The first-order valence-corrected chi connectivity index (χ1v) is 9.03. The highest BCUT2D eigenvalue weighted by Crippen LogP contribution is 2.26. The first-order chi connectivity index (χ1) is 13.5. The molecule has 0 unspecified atom stereocenters. The SMILES string of the molecule is COc1ccc(C(=O)N2CCN(C(=O)NCc3cnn(C)c3)CC2)c(OC)c1. The summed E-state index contributed by atoms with van der Waals surface area (Å²) in [5.74, 6) is 0.986. The number of hydrogen-bond acceptors (Lipinski definition) is 5. The van der Waals surface area contributed by atoms with Crippen LogP contribution in [0.2, 0.25) is 0 Å². The van der Waals surface area contributed by atoms with Crippen LogP contribution in [0.25, 0.3) is 0 Å². The van der Waals surface area contributed by atoms with Gasteiger partial charge < -0.3 is 24.6 Å². The van der Waals surface area contributed by atoms with E-state index in [0.717, 1.165) is 5.56 Å². The highest BCUT2D eigenvalue weighted by atomic mass is 16.5. The van der Waals surface area contributed by atoms with Crippen LogP contribution in [0.3, 0.4) is 0 Å². The highest BCUT2D eigenvalue weighted by molar-refractivity contribution is 5.97. The molecular weight excluding hydrogens is 362 g/mol. The Kier molecular flexibility index (Phi) is 6.03. The zero-order valence-corrected chi connectivity index (χ0v) is 16.3. The van der Waals surface area contributed by atoms with Crippen LogP contribution in [0.1, 0.15) is 15.9 Å². The minimum absolute atomic E-state index is 0.116. The number of aryl methyl sites for hydroxylation is 1. The molecule has 1 aliphatic rings. The van der Waals surface area contributed by atoms with E-state index >= 15 is 0 Å². The van der Waals surface area contributed by atoms with Gasteiger partial charge in [-0.1, -0.05) is 0 Å². The third kappa shape index (κ3) is 4.36. The van der Waals surface area contributed by atoms with E-state index in [1.807, 2.05) is 13.2 Å². The molecule has 2 heterocycles. The van der Waals surface area contributed by atoms with Gasteiger partial charge in [0.25, 0.3) is 5.91 Å². The smallest absolute Gasteiger partial charge is 0.317 e. The Balaban J connectivity index is 1.54. The van der Waals surface area contributed by atoms with E-state index in [4.69, 9.17) is 9.47 Å². The fraction of sp³-hybridized carbons (Fsp3) is 0.421. The van der Waals surface area contributed by atoms with Gasteiger partial charge in [0, 0.05) is 57.6 Å². The summed E-state index contributed by atoms with van der Waals surface area (Å²) in [5.41, 5.74) is 1.43. The molecule has 0 atom stereocenters. The lowest BCUT2D eigenvalue weighted by Crippen LogP contribution is -2.53. The summed E-state index contributed by atoms with van der Waals surface area (Å²) in [4.78, 5) is 28.6. The molecular formula is C19H25N5O4. The summed E-state index contributed by atoms with van der Waals surface area (Å²) < 4.78 is 12.2. The molecule has 3 amide bonds. The van der Waals surface area contributed by atoms with Gasteiger partial charge in [-0.25, -0.2) is 4.79 Å². The number of aromatic nitrogens is 2. The summed E-state index contributed by atoms with van der Waals surface area (Å²) in [6.45, 7) is 2.31. The average molecular weight is 387 g/mol. The largest absolute Gasteiger partial charge is 0.497 e. The maximum Gasteiger partial charge on any atom is 0.317 e. The number of benzene rings is 1. The lowest BCUT2D eigenvalue weighted by atomic mass is 10.1. The lowest BCUT2D eigenvalue weighted by Gasteiger charge is -2.35. The van der Waals surface area contributed by atoms with Crippen LogP contribution in [-0.4, -0.2) is 71.9 Å². The minimum Gasteiger partial charge on any atom is -0.497 e. The van der Waals surface area contributed by atoms with Crippen molar-refractivity contribution in [2.24, 2.45) is 7.05 Å². The Labute approximate surface area is 163 Å². The van der Waals surface area contributed by atoms with Crippen molar-refractivity contribution < 1.29 is 19.1 Å². The summed E-state index contributed by atoms with van der Waals surface area (Å²) in [6, 6.07) is 4.98. The fourth-order valence-electron chi connectivity index (χ4n) is 3.11. The van der Waals surface area contributed by atoms with Gasteiger partial charge in [0.1, 0.15) is 11.5 Å². The molecule has 0 aliphatic carbocycles. The summed E-state index contributed by atoms with van der Waals surface area (Å²) in [5, 5.41) is 6.96. The Morgan fingerprint density at radius 2 is 1.82 bits per heavy atom. The van der Waals surface area contributed by atoms with Crippen molar-refractivity contribution in [3.63, 3.8) is 0 Å². The number of hydrogen-bond donors (Lipinski definition) is 1. The Morgan fingerprint density at radius 1 is 1.11 bits per heavy atom. The number of ether oxygens (including phenoxy) is 2. The van der Waals surface area contributed by atoms with Crippen LogP contribution in [0.15, 0.2) is 30.6 Å². The summed E-state index contributed by atoms with van der Waals surface area (Å²) >= 11 is 0. The second kappa shape index (κ2) is 8.64. The normalized spacial score (nSPS) is 14.0. The van der Waals surface area contributed by atoms with Gasteiger partial charge in [-0.05, 0) is 12.1 Å². The third-order valence-corrected chi connectivity index (χ3v) is 4.70. The van der Waals surface area contributed by atoms with Crippen molar-refractivity contribution in [2.75, 3.05) is 40.4 Å². The molecule has 9 nitrogen and oxygen atoms in total. The predicted molar refractivity (Wildman–Crippen MR) is 102 cm³/mol. The summed E-state index contributed by atoms with van der Waals surface area (Å²) in [6.07, 6.45) is 3.58. The van der Waals surface area contributed by atoms with Crippen LogP contribution in [0.5, 0.6) is 11.5 Å². The number of methoxy groups -OCH3 is 2. The van der Waals surface area contributed by atoms with Gasteiger partial charge in [0.15, 0.2) is 0 Å². The third-order valence-electron chi connectivity index (χ3n) is 4.70. The zero-order chi connectivity index (χ0) is 20.1. The lowest BCUT2D eigenvalue weighted by molar-refractivity contribution is 0.0661. The maximum absolute atomic E-state index is 12.8. The van der Waals surface area contributed by atoms with Gasteiger partial charge in [0.05, 0.1) is 26.0 Å². The predicted octanol–water partition coefficient (Wildman–Crippen LogP) is 1.10. The van der Waals surface area contributed by atoms with Crippen LogP contribution in [0, 0.1) is 0 Å². The Hall–Kier alpha value is -3.23. The standard InChI is InChI=1S/C19H25N5O4/c1-22-13-14(12-21-22)11-20-19(26)24-8-6-23(7-9-24)18(25)16-5-4-15(27-2)10-17(16)28-3/h4-5,10,12-13H,6-9,11H2,1-3H3,(H,20,26). The van der Waals surface area contributed by atoms with Crippen molar-refractivity contribution in [3.8, 4) is 11.5 Å². The van der Waals surface area contributed by atoms with E-state index in [9.17, 15) is 9.59 Å². The summed E-state index contributed by atoms with van der Waals surface area (Å²) in [7, 11) is 4.92. The van der Waals surface area contributed by atoms with Crippen molar-refractivity contribution in [3.05, 3.63) is 41.7 Å². The van der Waals surface area contributed by atoms with Crippen molar-refractivity contribution in [1.29, 1.82) is 0 Å². The van der Waals surface area contributed by atoms with Crippen molar-refractivity contribution in [1.82, 2.24) is 24.9 Å². The molecule has 1 saturated heterocycles. The van der Waals surface area contributed by atoms with Crippen LogP contribution in [0.4, 0.5) is 4.79 Å². The van der Waals surface area contributed by atoms with E-state index in [-0.39, 0.29) is 11.9 Å². The number of carbonyl (C=O) groups excluding carboxylic acids is 2. The monoisotopic (exact) mass is 387 g/mol. The molecule has 1 fully saturated rings. The molecule has 0 saturated carbocycles. The van der Waals surface area contributed by atoms with Crippen LogP contribution < -0.4 is 14.8 Å². The number of nitrogens with zero attached hydrogens (tertiary/aromatic N) is 4. The molecule has 150 valence electrons. The van der Waals surface area contributed by atoms with Crippen LogP contribution >= 0.6 is 0 Å².